The first-order valence-electron chi connectivity index (χ1n) is 8.33. The maximum atomic E-state index is 11.9. The van der Waals surface area contributed by atoms with E-state index in [0.29, 0.717) is 12.3 Å². The van der Waals surface area contributed by atoms with Gasteiger partial charge in [-0.1, -0.05) is 30.3 Å². The summed E-state index contributed by atoms with van der Waals surface area (Å²) in [7, 11) is 0. The van der Waals surface area contributed by atoms with E-state index >= 15 is 0 Å². The van der Waals surface area contributed by atoms with Crippen LogP contribution in [0, 0.1) is 5.92 Å². The Hall–Kier alpha value is -1.65. The van der Waals surface area contributed by atoms with E-state index in [-0.39, 0.29) is 5.91 Å². The highest BCUT2D eigenvalue weighted by atomic mass is 32.1. The van der Waals surface area contributed by atoms with Gasteiger partial charge in [0.25, 0.3) is 0 Å². The third kappa shape index (κ3) is 5.19. The molecule has 2 heterocycles. The average molecular weight is 328 g/mol. The molecule has 0 saturated carbocycles. The lowest BCUT2D eigenvalue weighted by molar-refractivity contribution is -0.120. The molecule has 1 aliphatic rings. The second-order valence-electron chi connectivity index (χ2n) is 6.32. The highest BCUT2D eigenvalue weighted by molar-refractivity contribution is 7.07. The molecule has 1 N–H and O–H groups in total. The van der Waals surface area contributed by atoms with Crippen LogP contribution in [0.1, 0.15) is 24.0 Å². The lowest BCUT2D eigenvalue weighted by Gasteiger charge is -2.16. The first kappa shape index (κ1) is 16.2. The summed E-state index contributed by atoms with van der Waals surface area (Å²) in [5.41, 5.74) is 2.50. The van der Waals surface area contributed by atoms with E-state index in [1.54, 1.807) is 11.3 Å². The minimum Gasteiger partial charge on any atom is -0.356 e. The second-order valence-corrected chi connectivity index (χ2v) is 7.10. The number of hydrogen-bond donors (Lipinski definition) is 1. The van der Waals surface area contributed by atoms with E-state index in [1.807, 2.05) is 16.8 Å². The largest absolute Gasteiger partial charge is 0.356 e. The van der Waals surface area contributed by atoms with E-state index in [0.717, 1.165) is 31.6 Å². The number of nitrogens with zero attached hydrogens (tertiary/aromatic N) is 1. The number of likely N-dealkylation sites (tertiary alicyclic amines) is 1. The first-order valence-corrected chi connectivity index (χ1v) is 9.28. The van der Waals surface area contributed by atoms with Crippen molar-refractivity contribution in [3.8, 4) is 0 Å². The summed E-state index contributed by atoms with van der Waals surface area (Å²) in [5, 5.41) is 7.12. The van der Waals surface area contributed by atoms with Gasteiger partial charge in [-0.25, -0.2) is 0 Å². The van der Waals surface area contributed by atoms with Crippen molar-refractivity contribution in [1.29, 1.82) is 0 Å². The Morgan fingerprint density at radius 1 is 1.22 bits per heavy atom. The van der Waals surface area contributed by atoms with Crippen LogP contribution in [0.15, 0.2) is 47.2 Å². The molecular weight excluding hydrogens is 304 g/mol. The lowest BCUT2D eigenvalue weighted by atomic mass is 10.1. The number of nitrogens with one attached hydrogen (secondary N) is 1. The number of amides is 1. The maximum absolute atomic E-state index is 11.9. The van der Waals surface area contributed by atoms with Crippen LogP contribution in [-0.2, 0) is 17.8 Å². The zero-order valence-corrected chi connectivity index (χ0v) is 14.2. The molecule has 3 nitrogen and oxygen atoms in total. The van der Waals surface area contributed by atoms with Crippen LogP contribution >= 0.6 is 11.3 Å². The number of hydrogen-bond acceptors (Lipinski definition) is 3. The normalized spacial score (nSPS) is 18.2. The van der Waals surface area contributed by atoms with Gasteiger partial charge in [-0.15, -0.1) is 0 Å². The van der Waals surface area contributed by atoms with Gasteiger partial charge in [0.05, 0.1) is 6.42 Å². The van der Waals surface area contributed by atoms with Crippen LogP contribution in [0.2, 0.25) is 0 Å². The van der Waals surface area contributed by atoms with Gasteiger partial charge < -0.3 is 5.32 Å². The van der Waals surface area contributed by atoms with Crippen LogP contribution in [0.25, 0.3) is 0 Å². The van der Waals surface area contributed by atoms with E-state index in [2.05, 4.69) is 40.5 Å². The monoisotopic (exact) mass is 328 g/mol. The molecule has 23 heavy (non-hydrogen) atoms. The molecule has 1 unspecified atom stereocenters. The summed E-state index contributed by atoms with van der Waals surface area (Å²) in [6, 6.07) is 12.7. The Morgan fingerprint density at radius 3 is 2.87 bits per heavy atom. The first-order chi connectivity index (χ1) is 11.3. The van der Waals surface area contributed by atoms with Crippen molar-refractivity contribution in [2.24, 2.45) is 5.92 Å². The zero-order valence-electron chi connectivity index (χ0n) is 13.4. The molecule has 1 aromatic heterocycles. The Labute approximate surface area is 142 Å². The summed E-state index contributed by atoms with van der Waals surface area (Å²) in [6.07, 6.45) is 2.84. The fourth-order valence-corrected chi connectivity index (χ4v) is 3.86. The topological polar surface area (TPSA) is 32.3 Å². The molecular formula is C19H24N2OS. The summed E-state index contributed by atoms with van der Waals surface area (Å²) < 4.78 is 0. The van der Waals surface area contributed by atoms with Crippen LogP contribution in [-0.4, -0.2) is 30.4 Å². The quantitative estimate of drug-likeness (QED) is 0.845. The number of rotatable bonds is 7. The highest BCUT2D eigenvalue weighted by Crippen LogP contribution is 2.21. The van der Waals surface area contributed by atoms with Crippen molar-refractivity contribution in [1.82, 2.24) is 10.2 Å². The molecule has 1 fully saturated rings. The van der Waals surface area contributed by atoms with Crippen molar-refractivity contribution < 1.29 is 4.79 Å². The van der Waals surface area contributed by atoms with E-state index in [4.69, 9.17) is 0 Å². The van der Waals surface area contributed by atoms with Crippen LogP contribution in [0.5, 0.6) is 0 Å². The van der Waals surface area contributed by atoms with Crippen LogP contribution in [0.4, 0.5) is 0 Å². The Morgan fingerprint density at radius 2 is 2.09 bits per heavy atom. The molecule has 4 heteroatoms. The predicted molar refractivity (Wildman–Crippen MR) is 95.5 cm³/mol. The molecule has 2 aromatic rings. The van der Waals surface area contributed by atoms with Gasteiger partial charge in [-0.05, 0) is 53.3 Å². The number of carbonyl (C=O) groups excluding carboxylic acids is 1. The van der Waals surface area contributed by atoms with Gasteiger partial charge in [0, 0.05) is 19.6 Å². The standard InChI is InChI=1S/C19H24N2OS/c22-19(12-18-8-11-23-15-18)20-9-6-17-7-10-21(14-17)13-16-4-2-1-3-5-16/h1-5,8,11,15,17H,6-7,9-10,12-14H2,(H,20,22). The molecule has 1 atom stereocenters. The van der Waals surface area contributed by atoms with E-state index < -0.39 is 0 Å². The van der Waals surface area contributed by atoms with Crippen molar-refractivity contribution in [2.45, 2.75) is 25.8 Å². The van der Waals surface area contributed by atoms with Gasteiger partial charge >= 0.3 is 0 Å². The van der Waals surface area contributed by atoms with Crippen molar-refractivity contribution in [2.75, 3.05) is 19.6 Å². The van der Waals surface area contributed by atoms with Gasteiger partial charge in [-0.2, -0.15) is 11.3 Å². The Bertz CT molecular complexity index is 597. The molecule has 122 valence electrons. The SMILES string of the molecule is O=C(Cc1ccsc1)NCCC1CCN(Cc2ccccc2)C1. The van der Waals surface area contributed by atoms with Gasteiger partial charge in [0.15, 0.2) is 0 Å². The van der Waals surface area contributed by atoms with Crippen molar-refractivity contribution >= 4 is 17.2 Å². The molecule has 1 aromatic carbocycles. The summed E-state index contributed by atoms with van der Waals surface area (Å²) in [4.78, 5) is 14.4. The van der Waals surface area contributed by atoms with Gasteiger partial charge in [0.2, 0.25) is 5.91 Å². The van der Waals surface area contributed by atoms with Gasteiger partial charge in [0.1, 0.15) is 0 Å². The molecule has 0 radical (unpaired) electrons. The minimum absolute atomic E-state index is 0.141. The van der Waals surface area contributed by atoms with Crippen molar-refractivity contribution in [3.05, 3.63) is 58.3 Å². The lowest BCUT2D eigenvalue weighted by Crippen LogP contribution is -2.28. The van der Waals surface area contributed by atoms with Crippen LogP contribution in [0.3, 0.4) is 0 Å². The van der Waals surface area contributed by atoms with E-state index in [9.17, 15) is 4.79 Å². The number of thiophene rings is 1. The fourth-order valence-electron chi connectivity index (χ4n) is 3.19. The summed E-state index contributed by atoms with van der Waals surface area (Å²) in [6.45, 7) is 4.16. The minimum atomic E-state index is 0.141. The predicted octanol–water partition coefficient (Wildman–Crippen LogP) is 3.32. The molecule has 1 saturated heterocycles. The molecule has 3 rings (SSSR count). The Kier molecular flexibility index (Phi) is 5.83. The maximum Gasteiger partial charge on any atom is 0.224 e. The second kappa shape index (κ2) is 8.27. The fraction of sp³-hybridized carbons (Fsp3) is 0.421. The molecule has 1 aliphatic heterocycles. The Balaban J connectivity index is 1.33. The third-order valence-electron chi connectivity index (χ3n) is 4.44. The summed E-state index contributed by atoms with van der Waals surface area (Å²) >= 11 is 1.64. The number of carbonyl (C=O) groups is 1. The smallest absolute Gasteiger partial charge is 0.224 e. The molecule has 1 amide bonds. The number of benzene rings is 1. The van der Waals surface area contributed by atoms with Crippen LogP contribution < -0.4 is 5.32 Å². The molecule has 0 bridgehead atoms. The summed E-state index contributed by atoms with van der Waals surface area (Å²) in [5.74, 6) is 0.850. The van der Waals surface area contributed by atoms with E-state index in [1.165, 1.54) is 18.5 Å². The molecule has 0 aliphatic carbocycles. The highest BCUT2D eigenvalue weighted by Gasteiger charge is 2.22. The average Bonchev–Trinajstić information content (AvgIpc) is 3.21. The molecule has 0 spiro atoms. The van der Waals surface area contributed by atoms with Crippen molar-refractivity contribution in [3.63, 3.8) is 0 Å². The third-order valence-corrected chi connectivity index (χ3v) is 5.17. The zero-order chi connectivity index (χ0) is 15.9. The van der Waals surface area contributed by atoms with Gasteiger partial charge in [-0.3, -0.25) is 9.69 Å².